The molecule has 1 aromatic heterocycles. The van der Waals surface area contributed by atoms with Crippen molar-refractivity contribution in [3.8, 4) is 0 Å². The lowest BCUT2D eigenvalue weighted by molar-refractivity contribution is -0.385. The zero-order chi connectivity index (χ0) is 9.14. The molecule has 0 N–H and O–H groups in total. The van der Waals surface area contributed by atoms with Gasteiger partial charge >= 0.3 is 0 Å². The summed E-state index contributed by atoms with van der Waals surface area (Å²) in [5.41, 5.74) is 0.541. The van der Waals surface area contributed by atoms with E-state index < -0.39 is 4.92 Å². The fourth-order valence-electron chi connectivity index (χ4n) is 0.837. The lowest BCUT2D eigenvalue weighted by atomic mass is 10.3. The van der Waals surface area contributed by atoms with E-state index in [1.165, 1.54) is 17.8 Å². The number of pyridine rings is 1. The van der Waals surface area contributed by atoms with Gasteiger partial charge in [0, 0.05) is 6.07 Å². The highest BCUT2D eigenvalue weighted by molar-refractivity contribution is 7.98. The van der Waals surface area contributed by atoms with E-state index in [9.17, 15) is 10.1 Å². The van der Waals surface area contributed by atoms with Crippen LogP contribution in [0.3, 0.4) is 0 Å². The van der Waals surface area contributed by atoms with Crippen LogP contribution in [0.25, 0.3) is 0 Å². The van der Waals surface area contributed by atoms with Crippen LogP contribution in [0.4, 0.5) is 5.69 Å². The van der Waals surface area contributed by atoms with Crippen molar-refractivity contribution >= 4 is 17.4 Å². The van der Waals surface area contributed by atoms with Crippen molar-refractivity contribution < 1.29 is 4.92 Å². The Labute approximate surface area is 74.2 Å². The lowest BCUT2D eigenvalue weighted by Gasteiger charge is -1.97. The van der Waals surface area contributed by atoms with E-state index in [1.54, 1.807) is 13.0 Å². The summed E-state index contributed by atoms with van der Waals surface area (Å²) in [4.78, 5) is 14.0. The Bertz CT molecular complexity index is 314. The second-order valence-corrected chi connectivity index (χ2v) is 3.04. The summed E-state index contributed by atoms with van der Waals surface area (Å²) in [6.07, 6.45) is 1.88. The molecule has 4 nitrogen and oxygen atoms in total. The monoisotopic (exact) mass is 184 g/mol. The molecular weight excluding hydrogens is 176 g/mol. The number of thioether (sulfide) groups is 1. The molecule has 0 spiro atoms. The van der Waals surface area contributed by atoms with Gasteiger partial charge in [0.1, 0.15) is 5.69 Å². The molecule has 0 aliphatic rings. The molecule has 0 radical (unpaired) electrons. The van der Waals surface area contributed by atoms with E-state index in [2.05, 4.69) is 4.98 Å². The minimum Gasteiger partial charge on any atom is -0.258 e. The number of nitro groups is 1. The van der Waals surface area contributed by atoms with Crippen molar-refractivity contribution in [3.05, 3.63) is 27.9 Å². The summed E-state index contributed by atoms with van der Waals surface area (Å²) >= 11 is 1.47. The maximum Gasteiger partial charge on any atom is 0.290 e. The fraction of sp³-hybridized carbons (Fsp3) is 0.286. The van der Waals surface area contributed by atoms with Gasteiger partial charge in [0.05, 0.1) is 9.95 Å². The second kappa shape index (κ2) is 3.53. The van der Waals surface area contributed by atoms with E-state index >= 15 is 0 Å². The van der Waals surface area contributed by atoms with E-state index in [4.69, 9.17) is 0 Å². The molecule has 1 rings (SSSR count). The van der Waals surface area contributed by atoms with Crippen LogP contribution in [0.2, 0.25) is 0 Å². The molecule has 0 amide bonds. The molecule has 0 saturated carbocycles. The van der Waals surface area contributed by atoms with Gasteiger partial charge in [-0.25, -0.2) is 4.98 Å². The number of hydrogen-bond donors (Lipinski definition) is 0. The molecule has 0 fully saturated rings. The largest absolute Gasteiger partial charge is 0.290 e. The summed E-state index contributed by atoms with van der Waals surface area (Å²) < 4.78 is 0. The first kappa shape index (κ1) is 8.99. The smallest absolute Gasteiger partial charge is 0.258 e. The number of hydrogen-bond acceptors (Lipinski definition) is 4. The molecule has 64 valence electrons. The third-order valence-corrected chi connectivity index (χ3v) is 2.08. The highest BCUT2D eigenvalue weighted by Crippen LogP contribution is 2.19. The number of aromatic nitrogens is 1. The zero-order valence-electron chi connectivity index (χ0n) is 6.77. The summed E-state index contributed by atoms with van der Waals surface area (Å²) in [6.45, 7) is 1.64. The van der Waals surface area contributed by atoms with Gasteiger partial charge in [-0.1, -0.05) is 0 Å². The van der Waals surface area contributed by atoms with Gasteiger partial charge in [0.25, 0.3) is 5.69 Å². The van der Waals surface area contributed by atoms with Gasteiger partial charge in [0.2, 0.25) is 0 Å². The predicted octanol–water partition coefficient (Wildman–Crippen LogP) is 2.02. The average Bonchev–Trinajstić information content (AvgIpc) is 2.03. The number of aryl methyl sites for hydroxylation is 1. The Hall–Kier alpha value is -1.10. The van der Waals surface area contributed by atoms with E-state index in [0.717, 1.165) is 5.03 Å². The first-order valence-corrected chi connectivity index (χ1v) is 4.53. The van der Waals surface area contributed by atoms with Crippen LogP contribution < -0.4 is 0 Å². The standard InChI is InChI=1S/C7H8N2O2S/c1-5-6(9(10)11)3-4-7(8-5)12-2/h3-4H,1-2H3. The van der Waals surface area contributed by atoms with Crippen molar-refractivity contribution in [3.63, 3.8) is 0 Å². The minimum atomic E-state index is -0.424. The second-order valence-electron chi connectivity index (χ2n) is 2.22. The third-order valence-electron chi connectivity index (χ3n) is 1.44. The zero-order valence-corrected chi connectivity index (χ0v) is 7.59. The van der Waals surface area contributed by atoms with Crippen molar-refractivity contribution in [2.24, 2.45) is 0 Å². The number of nitrogens with zero attached hydrogens (tertiary/aromatic N) is 2. The molecular formula is C7H8N2O2S. The molecule has 5 heteroatoms. The van der Waals surface area contributed by atoms with Gasteiger partial charge in [0.15, 0.2) is 0 Å². The summed E-state index contributed by atoms with van der Waals surface area (Å²) in [6, 6.07) is 3.13. The van der Waals surface area contributed by atoms with Crippen LogP contribution in [-0.2, 0) is 0 Å². The molecule has 0 aliphatic carbocycles. The minimum absolute atomic E-state index is 0.0767. The van der Waals surface area contributed by atoms with Crippen molar-refractivity contribution in [2.45, 2.75) is 11.9 Å². The van der Waals surface area contributed by atoms with Crippen LogP contribution in [0, 0.1) is 17.0 Å². The quantitative estimate of drug-likeness (QED) is 0.401. The van der Waals surface area contributed by atoms with Gasteiger partial charge in [-0.05, 0) is 19.2 Å². The van der Waals surface area contributed by atoms with Crippen LogP contribution in [0.1, 0.15) is 5.69 Å². The first-order valence-electron chi connectivity index (χ1n) is 3.31. The molecule has 0 aromatic carbocycles. The number of rotatable bonds is 2. The molecule has 0 bridgehead atoms. The maximum absolute atomic E-state index is 10.4. The lowest BCUT2D eigenvalue weighted by Crippen LogP contribution is -1.94. The highest BCUT2D eigenvalue weighted by atomic mass is 32.2. The van der Waals surface area contributed by atoms with Gasteiger partial charge in [-0.2, -0.15) is 0 Å². The Morgan fingerprint density at radius 1 is 1.58 bits per heavy atom. The van der Waals surface area contributed by atoms with E-state index in [1.807, 2.05) is 6.26 Å². The molecule has 1 aromatic rings. The highest BCUT2D eigenvalue weighted by Gasteiger charge is 2.10. The molecule has 12 heavy (non-hydrogen) atoms. The Balaban J connectivity index is 3.12. The Morgan fingerprint density at radius 3 is 2.67 bits per heavy atom. The summed E-state index contributed by atoms with van der Waals surface area (Å²) in [7, 11) is 0. The van der Waals surface area contributed by atoms with Crippen molar-refractivity contribution in [1.82, 2.24) is 4.98 Å². The molecule has 0 unspecified atom stereocenters. The van der Waals surface area contributed by atoms with Gasteiger partial charge in [-0.15, -0.1) is 11.8 Å². The molecule has 0 saturated heterocycles. The Kier molecular flexibility index (Phi) is 2.65. The van der Waals surface area contributed by atoms with Crippen molar-refractivity contribution in [2.75, 3.05) is 6.26 Å². The SMILES string of the molecule is CSc1ccc([N+](=O)[O-])c(C)n1. The van der Waals surface area contributed by atoms with Crippen LogP contribution in [-0.4, -0.2) is 16.2 Å². The maximum atomic E-state index is 10.4. The molecule has 0 aliphatic heterocycles. The van der Waals surface area contributed by atoms with Crippen LogP contribution >= 0.6 is 11.8 Å². The first-order chi connectivity index (χ1) is 5.65. The predicted molar refractivity (Wildman–Crippen MR) is 47.4 cm³/mol. The van der Waals surface area contributed by atoms with Gasteiger partial charge in [-0.3, -0.25) is 10.1 Å². The fourth-order valence-corrected chi connectivity index (χ4v) is 1.27. The van der Waals surface area contributed by atoms with Crippen molar-refractivity contribution in [1.29, 1.82) is 0 Å². The molecule has 0 atom stereocenters. The van der Waals surface area contributed by atoms with Crippen LogP contribution in [0.5, 0.6) is 0 Å². The topological polar surface area (TPSA) is 56.0 Å². The summed E-state index contributed by atoms with van der Waals surface area (Å²) in [5.74, 6) is 0. The summed E-state index contributed by atoms with van der Waals surface area (Å²) in [5, 5.41) is 11.2. The third kappa shape index (κ3) is 1.73. The Morgan fingerprint density at radius 2 is 2.25 bits per heavy atom. The average molecular weight is 184 g/mol. The van der Waals surface area contributed by atoms with Gasteiger partial charge < -0.3 is 0 Å². The molecule has 1 heterocycles. The van der Waals surface area contributed by atoms with Crippen LogP contribution in [0.15, 0.2) is 17.2 Å². The van der Waals surface area contributed by atoms with E-state index in [-0.39, 0.29) is 5.69 Å². The normalized spacial score (nSPS) is 9.83. The van der Waals surface area contributed by atoms with E-state index in [0.29, 0.717) is 5.69 Å².